The van der Waals surface area contributed by atoms with Gasteiger partial charge < -0.3 is 15.6 Å². The maximum atomic E-state index is 5.94. The molecule has 166 valence electrons. The minimum atomic E-state index is 0.210. The molecular weight excluding hydrogens is 444 g/mol. The van der Waals surface area contributed by atoms with Gasteiger partial charge in [-0.25, -0.2) is 4.98 Å². The number of aromatic nitrogens is 6. The van der Waals surface area contributed by atoms with Crippen LogP contribution in [0.5, 0.6) is 0 Å². The molecule has 8 nitrogen and oxygen atoms in total. The number of nitrogens with one attached hydrogen (secondary N) is 2. The Labute approximate surface area is 198 Å². The Morgan fingerprint density at radius 2 is 1.85 bits per heavy atom. The summed E-state index contributed by atoms with van der Waals surface area (Å²) in [6, 6.07) is 10.7. The molecule has 7 rings (SSSR count). The number of fused-ring (bicyclic) bond motifs is 2. The minimum Gasteiger partial charge on any atom is -0.352 e. The molecule has 0 amide bonds. The minimum absolute atomic E-state index is 0.210. The molecule has 4 N–H and O–H groups in total. The first kappa shape index (κ1) is 19.4. The summed E-state index contributed by atoms with van der Waals surface area (Å²) >= 11 is 1.68. The van der Waals surface area contributed by atoms with Crippen LogP contribution in [0.15, 0.2) is 65.9 Å². The van der Waals surface area contributed by atoms with E-state index in [4.69, 9.17) is 10.7 Å². The summed E-state index contributed by atoms with van der Waals surface area (Å²) in [7, 11) is 0. The van der Waals surface area contributed by atoms with E-state index in [9.17, 15) is 0 Å². The standard InChI is InChI=1S/C25H20N8S/c26-16-11-33(12-16)24-10-28-8-22(30-24)14-1-2-20-18(5-14)25(32-31-20)21-6-17-19(15-3-4-34-13-15)7-27-9-23(17)29-21/h1-10,13,16,29H,11-12,26H2,(H,31,32). The predicted octanol–water partition coefficient (Wildman–Crippen LogP) is 4.44. The van der Waals surface area contributed by atoms with Crippen LogP contribution < -0.4 is 10.6 Å². The molecular formula is C25H20N8S. The molecule has 0 radical (unpaired) electrons. The van der Waals surface area contributed by atoms with Gasteiger partial charge in [-0.3, -0.25) is 15.1 Å². The first-order valence-corrected chi connectivity index (χ1v) is 12.0. The van der Waals surface area contributed by atoms with Crippen molar-refractivity contribution < 1.29 is 0 Å². The fraction of sp³-hybridized carbons (Fsp3) is 0.120. The van der Waals surface area contributed by atoms with Gasteiger partial charge in [0.05, 0.1) is 41.0 Å². The Morgan fingerprint density at radius 3 is 2.71 bits per heavy atom. The third-order valence-corrected chi connectivity index (χ3v) is 7.03. The first-order valence-electron chi connectivity index (χ1n) is 11.0. The average molecular weight is 465 g/mol. The van der Waals surface area contributed by atoms with Gasteiger partial charge in [-0.1, -0.05) is 6.07 Å². The SMILES string of the molecule is NC1CN(c2cncc(-c3ccc4[nH]nc(-c5cc6c(-c7ccsc7)cncc6[nH]5)c4c3)n2)C1. The van der Waals surface area contributed by atoms with Gasteiger partial charge in [0.15, 0.2) is 0 Å². The van der Waals surface area contributed by atoms with Crippen LogP contribution in [0.2, 0.25) is 0 Å². The van der Waals surface area contributed by atoms with Gasteiger partial charge in [0.2, 0.25) is 0 Å². The van der Waals surface area contributed by atoms with Gasteiger partial charge in [-0.05, 0) is 40.6 Å². The molecule has 0 bridgehead atoms. The molecule has 6 heterocycles. The van der Waals surface area contributed by atoms with Crippen molar-refractivity contribution in [1.82, 2.24) is 30.1 Å². The van der Waals surface area contributed by atoms with E-state index in [0.29, 0.717) is 0 Å². The van der Waals surface area contributed by atoms with Crippen molar-refractivity contribution in [1.29, 1.82) is 0 Å². The second-order valence-electron chi connectivity index (χ2n) is 8.60. The molecule has 0 aliphatic carbocycles. The first-order chi connectivity index (χ1) is 16.7. The zero-order valence-electron chi connectivity index (χ0n) is 18.1. The molecule has 1 aliphatic rings. The molecule has 1 aliphatic heterocycles. The highest BCUT2D eigenvalue weighted by molar-refractivity contribution is 7.08. The van der Waals surface area contributed by atoms with Crippen molar-refractivity contribution in [3.05, 3.63) is 65.9 Å². The summed E-state index contributed by atoms with van der Waals surface area (Å²) < 4.78 is 0. The van der Waals surface area contributed by atoms with Crippen LogP contribution in [0.4, 0.5) is 5.82 Å². The summed E-state index contributed by atoms with van der Waals surface area (Å²) in [6.07, 6.45) is 7.36. The number of rotatable bonds is 4. The van der Waals surface area contributed by atoms with E-state index in [2.05, 4.69) is 59.0 Å². The second-order valence-corrected chi connectivity index (χ2v) is 9.38. The van der Waals surface area contributed by atoms with Gasteiger partial charge >= 0.3 is 0 Å². The summed E-state index contributed by atoms with van der Waals surface area (Å²) in [5.41, 5.74) is 13.8. The molecule has 6 aromatic rings. The molecule has 34 heavy (non-hydrogen) atoms. The van der Waals surface area contributed by atoms with E-state index >= 15 is 0 Å². The lowest BCUT2D eigenvalue weighted by molar-refractivity contribution is 0.514. The normalized spacial score (nSPS) is 14.2. The number of benzene rings is 1. The maximum absolute atomic E-state index is 5.94. The number of H-pyrrole nitrogens is 2. The smallest absolute Gasteiger partial charge is 0.147 e. The van der Waals surface area contributed by atoms with Gasteiger partial charge in [-0.15, -0.1) is 0 Å². The number of hydrogen-bond donors (Lipinski definition) is 3. The molecule has 1 fully saturated rings. The van der Waals surface area contributed by atoms with Crippen LogP contribution >= 0.6 is 11.3 Å². The van der Waals surface area contributed by atoms with Crippen LogP contribution in [0.25, 0.3) is 55.6 Å². The highest BCUT2D eigenvalue weighted by atomic mass is 32.1. The van der Waals surface area contributed by atoms with Crippen LogP contribution in [-0.4, -0.2) is 49.3 Å². The van der Waals surface area contributed by atoms with Gasteiger partial charge in [-0.2, -0.15) is 16.4 Å². The number of aromatic amines is 2. The van der Waals surface area contributed by atoms with Gasteiger partial charge in [0, 0.05) is 47.2 Å². The van der Waals surface area contributed by atoms with Crippen LogP contribution in [0.1, 0.15) is 0 Å². The van der Waals surface area contributed by atoms with E-state index in [-0.39, 0.29) is 6.04 Å². The van der Waals surface area contributed by atoms with Crippen LogP contribution in [0, 0.1) is 0 Å². The topological polar surface area (TPSA) is 112 Å². The van der Waals surface area contributed by atoms with Crippen molar-refractivity contribution in [3.63, 3.8) is 0 Å². The van der Waals surface area contributed by atoms with Gasteiger partial charge in [0.1, 0.15) is 11.5 Å². The average Bonchev–Trinajstić information content (AvgIpc) is 3.60. The number of nitrogens with two attached hydrogens (primary N) is 1. The van der Waals surface area contributed by atoms with E-state index in [0.717, 1.165) is 68.9 Å². The van der Waals surface area contributed by atoms with Gasteiger partial charge in [0.25, 0.3) is 0 Å². The lowest BCUT2D eigenvalue weighted by Crippen LogP contribution is -2.56. The molecule has 0 atom stereocenters. The Kier molecular flexibility index (Phi) is 4.26. The summed E-state index contributed by atoms with van der Waals surface area (Å²) in [5.74, 6) is 0.857. The number of hydrogen-bond acceptors (Lipinski definition) is 7. The Bertz CT molecular complexity index is 1640. The molecule has 0 spiro atoms. The van der Waals surface area contributed by atoms with Crippen molar-refractivity contribution in [2.75, 3.05) is 18.0 Å². The fourth-order valence-electron chi connectivity index (χ4n) is 4.55. The number of thiophene rings is 1. The van der Waals surface area contributed by atoms with E-state index < -0.39 is 0 Å². The number of pyridine rings is 1. The number of anilines is 1. The van der Waals surface area contributed by atoms with Crippen molar-refractivity contribution in [2.45, 2.75) is 6.04 Å². The molecule has 0 unspecified atom stereocenters. The van der Waals surface area contributed by atoms with Crippen molar-refractivity contribution >= 4 is 39.0 Å². The van der Waals surface area contributed by atoms with Crippen LogP contribution in [0.3, 0.4) is 0 Å². The highest BCUT2D eigenvalue weighted by Gasteiger charge is 2.24. The van der Waals surface area contributed by atoms with E-state index in [1.54, 1.807) is 23.7 Å². The van der Waals surface area contributed by atoms with Crippen molar-refractivity contribution in [3.8, 4) is 33.8 Å². The zero-order chi connectivity index (χ0) is 22.6. The largest absolute Gasteiger partial charge is 0.352 e. The fourth-order valence-corrected chi connectivity index (χ4v) is 5.21. The second kappa shape index (κ2) is 7.47. The third-order valence-electron chi connectivity index (χ3n) is 6.35. The Morgan fingerprint density at radius 1 is 0.941 bits per heavy atom. The number of nitrogens with zero attached hydrogens (tertiary/aromatic N) is 5. The molecule has 9 heteroatoms. The van der Waals surface area contributed by atoms with Crippen molar-refractivity contribution in [2.24, 2.45) is 5.73 Å². The third kappa shape index (κ3) is 3.09. The molecule has 5 aromatic heterocycles. The maximum Gasteiger partial charge on any atom is 0.147 e. The highest BCUT2D eigenvalue weighted by Crippen LogP contribution is 2.35. The summed E-state index contributed by atoms with van der Waals surface area (Å²) in [6.45, 7) is 1.62. The van der Waals surface area contributed by atoms with E-state index in [1.165, 1.54) is 5.56 Å². The Balaban J connectivity index is 1.31. The quantitative estimate of drug-likeness (QED) is 0.356. The van der Waals surface area contributed by atoms with E-state index in [1.807, 2.05) is 24.5 Å². The molecule has 1 saturated heterocycles. The zero-order valence-corrected chi connectivity index (χ0v) is 18.9. The molecule has 0 saturated carbocycles. The lowest BCUT2D eigenvalue weighted by Gasteiger charge is -2.37. The lowest BCUT2D eigenvalue weighted by atomic mass is 10.1. The summed E-state index contributed by atoms with van der Waals surface area (Å²) in [4.78, 5) is 19.3. The summed E-state index contributed by atoms with van der Waals surface area (Å²) in [5, 5.41) is 14.2. The Hall–Kier alpha value is -4.08. The van der Waals surface area contributed by atoms with Crippen LogP contribution in [-0.2, 0) is 0 Å². The monoisotopic (exact) mass is 464 g/mol. The predicted molar refractivity (Wildman–Crippen MR) is 136 cm³/mol. The molecule has 1 aromatic carbocycles.